The first kappa shape index (κ1) is 29.1. The van der Waals surface area contributed by atoms with Crippen molar-refractivity contribution in [3.8, 4) is 16.9 Å². The highest BCUT2D eigenvalue weighted by Gasteiger charge is 2.26. The smallest absolute Gasteiger partial charge is 0.229 e. The van der Waals surface area contributed by atoms with E-state index in [0.29, 0.717) is 39.9 Å². The molecule has 0 bridgehead atoms. The summed E-state index contributed by atoms with van der Waals surface area (Å²) in [4.78, 5) is 20.3. The summed E-state index contributed by atoms with van der Waals surface area (Å²) in [6, 6.07) is 7.90. The molecule has 2 aromatic carbocycles. The fourth-order valence-electron chi connectivity index (χ4n) is 5.46. The van der Waals surface area contributed by atoms with Gasteiger partial charge in [0, 0.05) is 78.8 Å². The lowest BCUT2D eigenvalue weighted by Gasteiger charge is -2.30. The topological polar surface area (TPSA) is 152 Å². The van der Waals surface area contributed by atoms with Crippen molar-refractivity contribution in [2.75, 3.05) is 40.2 Å². The number of fused-ring (bicyclic) bond motifs is 4. The molecule has 13 nitrogen and oxygen atoms in total. The number of ether oxygens (including phenoxy) is 1. The number of methoxy groups -OCH3 is 1. The summed E-state index contributed by atoms with van der Waals surface area (Å²) in [6.45, 7) is 7.10. The van der Waals surface area contributed by atoms with E-state index < -0.39 is 10.0 Å². The maximum atomic E-state index is 12.3. The van der Waals surface area contributed by atoms with Crippen molar-refractivity contribution in [1.29, 1.82) is 0 Å². The molecule has 44 heavy (non-hydrogen) atoms. The molecule has 0 amide bonds. The molecule has 6 rings (SSSR count). The van der Waals surface area contributed by atoms with Gasteiger partial charge in [-0.15, -0.1) is 0 Å². The van der Waals surface area contributed by atoms with E-state index in [2.05, 4.69) is 60.2 Å². The van der Waals surface area contributed by atoms with Gasteiger partial charge in [0.25, 0.3) is 0 Å². The van der Waals surface area contributed by atoms with Gasteiger partial charge in [-0.3, -0.25) is 19.4 Å². The van der Waals surface area contributed by atoms with Crippen molar-refractivity contribution in [3.05, 3.63) is 60.3 Å². The maximum absolute atomic E-state index is 12.3. The molecule has 0 saturated carbocycles. The predicted molar refractivity (Wildman–Crippen MR) is 173 cm³/mol. The Balaban J connectivity index is 1.40. The minimum absolute atomic E-state index is 0.278. The largest absolute Gasteiger partial charge is 0.494 e. The van der Waals surface area contributed by atoms with Crippen LogP contribution in [0.25, 0.3) is 22.2 Å². The summed E-state index contributed by atoms with van der Waals surface area (Å²) in [5.74, 6) is 1.46. The Morgan fingerprint density at radius 3 is 2.55 bits per heavy atom. The molecule has 0 aliphatic carbocycles. The van der Waals surface area contributed by atoms with Crippen molar-refractivity contribution in [2.24, 2.45) is 7.05 Å². The lowest BCUT2D eigenvalue weighted by Crippen LogP contribution is -2.32. The summed E-state index contributed by atoms with van der Waals surface area (Å²) in [7, 11) is -0.00399. The van der Waals surface area contributed by atoms with Crippen LogP contribution in [0.4, 0.5) is 34.5 Å². The number of rotatable bonds is 8. The van der Waals surface area contributed by atoms with Crippen LogP contribution >= 0.6 is 0 Å². The first-order valence-electron chi connectivity index (χ1n) is 14.1. The zero-order valence-electron chi connectivity index (χ0n) is 25.4. The normalized spacial score (nSPS) is 12.9. The minimum atomic E-state index is -3.62. The second-order valence-electron chi connectivity index (χ2n) is 11.0. The molecule has 0 saturated heterocycles. The molecule has 228 valence electrons. The molecule has 5 aromatic rings. The SMILES string of the molecule is COc1cc2c(cc1Nc1ncc(C)c(Nc3ccc4nccnc4c3NS(C)(=O)=O)n1)-c1cnn(C)c1CCN2C(C)C. The van der Waals surface area contributed by atoms with E-state index in [9.17, 15) is 8.42 Å². The lowest BCUT2D eigenvalue weighted by atomic mass is 10.0. The van der Waals surface area contributed by atoms with Crippen LogP contribution in [0, 0.1) is 6.92 Å². The first-order valence-corrected chi connectivity index (χ1v) is 16.0. The van der Waals surface area contributed by atoms with Crippen LogP contribution < -0.4 is 25.0 Å². The van der Waals surface area contributed by atoms with E-state index in [1.54, 1.807) is 31.6 Å². The molecule has 0 spiro atoms. The van der Waals surface area contributed by atoms with Gasteiger partial charge in [0.05, 0.1) is 42.1 Å². The van der Waals surface area contributed by atoms with Crippen molar-refractivity contribution in [3.63, 3.8) is 0 Å². The molecule has 3 N–H and O–H groups in total. The molecule has 0 radical (unpaired) electrons. The van der Waals surface area contributed by atoms with Gasteiger partial charge in [0.15, 0.2) is 0 Å². The van der Waals surface area contributed by atoms with Gasteiger partial charge >= 0.3 is 0 Å². The summed E-state index contributed by atoms with van der Waals surface area (Å²) >= 11 is 0. The Morgan fingerprint density at radius 2 is 1.80 bits per heavy atom. The van der Waals surface area contributed by atoms with E-state index in [0.717, 1.165) is 41.6 Å². The van der Waals surface area contributed by atoms with Crippen LogP contribution in [-0.4, -0.2) is 64.1 Å². The summed E-state index contributed by atoms with van der Waals surface area (Å²) in [5.41, 5.74) is 7.52. The van der Waals surface area contributed by atoms with E-state index in [1.807, 2.05) is 30.9 Å². The van der Waals surface area contributed by atoms with Gasteiger partial charge < -0.3 is 20.3 Å². The zero-order chi connectivity index (χ0) is 31.2. The molecular weight excluding hydrogens is 580 g/mol. The number of hydrogen-bond donors (Lipinski definition) is 3. The Hall–Kier alpha value is -4.98. The number of nitrogens with one attached hydrogen (secondary N) is 3. The highest BCUT2D eigenvalue weighted by atomic mass is 32.2. The maximum Gasteiger partial charge on any atom is 0.229 e. The lowest BCUT2D eigenvalue weighted by molar-refractivity contribution is 0.416. The number of nitrogens with zero attached hydrogens (tertiary/aromatic N) is 7. The first-order chi connectivity index (χ1) is 21.0. The molecule has 1 aliphatic heterocycles. The van der Waals surface area contributed by atoms with E-state index in [1.165, 1.54) is 11.9 Å². The van der Waals surface area contributed by atoms with Crippen LogP contribution in [0.1, 0.15) is 25.1 Å². The second kappa shape index (κ2) is 11.3. The number of aryl methyl sites for hydroxylation is 2. The summed E-state index contributed by atoms with van der Waals surface area (Å²) in [5, 5.41) is 11.1. The van der Waals surface area contributed by atoms with E-state index in [-0.39, 0.29) is 11.7 Å². The molecule has 14 heteroatoms. The van der Waals surface area contributed by atoms with Crippen molar-refractivity contribution < 1.29 is 13.2 Å². The summed E-state index contributed by atoms with van der Waals surface area (Å²) in [6.07, 6.45) is 8.63. The number of hydrogen-bond acceptors (Lipinski definition) is 11. The molecule has 1 aliphatic rings. The molecular formula is C30H34N10O3S. The molecule has 3 aromatic heterocycles. The number of benzene rings is 2. The third-order valence-corrected chi connectivity index (χ3v) is 8.17. The fourth-order valence-corrected chi connectivity index (χ4v) is 6.04. The van der Waals surface area contributed by atoms with E-state index in [4.69, 9.17) is 9.72 Å². The summed E-state index contributed by atoms with van der Waals surface area (Å²) < 4.78 is 34.9. The molecule has 0 unspecified atom stereocenters. The van der Waals surface area contributed by atoms with Gasteiger partial charge in [0.1, 0.15) is 17.1 Å². The third kappa shape index (κ3) is 5.55. The van der Waals surface area contributed by atoms with Crippen molar-refractivity contribution in [1.82, 2.24) is 29.7 Å². The Labute approximate surface area is 255 Å². The van der Waals surface area contributed by atoms with Crippen LogP contribution in [0.5, 0.6) is 5.75 Å². The van der Waals surface area contributed by atoms with Crippen LogP contribution in [0.15, 0.2) is 49.1 Å². The van der Waals surface area contributed by atoms with Gasteiger partial charge in [-0.1, -0.05) is 0 Å². The van der Waals surface area contributed by atoms with Crippen LogP contribution in [0.2, 0.25) is 0 Å². The number of sulfonamides is 1. The Morgan fingerprint density at radius 1 is 1.00 bits per heavy atom. The van der Waals surface area contributed by atoms with Crippen LogP contribution in [0.3, 0.4) is 0 Å². The number of aromatic nitrogens is 6. The van der Waals surface area contributed by atoms with E-state index >= 15 is 0 Å². The minimum Gasteiger partial charge on any atom is -0.494 e. The van der Waals surface area contributed by atoms with Gasteiger partial charge in [-0.05, 0) is 39.0 Å². The van der Waals surface area contributed by atoms with Crippen molar-refractivity contribution >= 4 is 55.6 Å². The molecule has 0 atom stereocenters. The second-order valence-corrected chi connectivity index (χ2v) is 12.7. The van der Waals surface area contributed by atoms with Gasteiger partial charge in [0.2, 0.25) is 16.0 Å². The van der Waals surface area contributed by atoms with Crippen LogP contribution in [-0.2, 0) is 23.5 Å². The quantitative estimate of drug-likeness (QED) is 0.222. The fraction of sp³-hybridized carbons (Fsp3) is 0.300. The molecule has 0 fully saturated rings. The monoisotopic (exact) mass is 614 g/mol. The van der Waals surface area contributed by atoms with Gasteiger partial charge in [-0.25, -0.2) is 13.4 Å². The standard InChI is InChI=1S/C30H34N10O3S/c1-17(2)40-12-9-24-20(16-34-39(24)4)19-13-23(26(43-5)14-25(19)40)36-30-33-15-18(3)29(37-30)35-22-8-7-21-27(32-11-10-31-21)28(22)38-44(6,41)42/h7-8,10-11,13-17,38H,9,12H2,1-6H3,(H2,33,35,36,37). The van der Waals surface area contributed by atoms with Gasteiger partial charge in [-0.2, -0.15) is 10.1 Å². The number of anilines is 6. The van der Waals surface area contributed by atoms with Crippen molar-refractivity contribution in [2.45, 2.75) is 33.2 Å². The zero-order valence-corrected chi connectivity index (χ0v) is 26.2. The average molecular weight is 615 g/mol. The third-order valence-electron chi connectivity index (χ3n) is 7.59. The Bertz CT molecular complexity index is 1990. The Kier molecular flexibility index (Phi) is 7.45. The molecule has 4 heterocycles. The highest BCUT2D eigenvalue weighted by molar-refractivity contribution is 7.92. The predicted octanol–water partition coefficient (Wildman–Crippen LogP) is 4.77. The highest BCUT2D eigenvalue weighted by Crippen LogP contribution is 2.43. The average Bonchev–Trinajstić information content (AvgIpc) is 3.26.